The van der Waals surface area contributed by atoms with Crippen molar-refractivity contribution in [3.05, 3.63) is 35.9 Å². The molecular formula is C17H20NO3-. The number of carboxylic acids is 1. The number of fused-ring (bicyclic) bond motifs is 2. The molecule has 2 aliphatic rings. The van der Waals surface area contributed by atoms with Gasteiger partial charge in [0.25, 0.3) is 0 Å². The second kappa shape index (κ2) is 5.51. The first-order valence-corrected chi connectivity index (χ1v) is 7.64. The Morgan fingerprint density at radius 2 is 1.76 bits per heavy atom. The standard InChI is InChI=1S/C17H21NO3/c1-10(11-5-3-2-4-6-11)18-16(19)14-12-7-8-13(9-12)15(14)17(20)21/h2-6,10,12-15H,7-9H2,1H3,(H,18,19)(H,20,21)/p-1/t10-,12-,13+,14+,15+/m1/s1. The van der Waals surface area contributed by atoms with Crippen molar-refractivity contribution < 1.29 is 14.7 Å². The van der Waals surface area contributed by atoms with Gasteiger partial charge in [-0.3, -0.25) is 4.79 Å². The predicted octanol–water partition coefficient (Wildman–Crippen LogP) is 1.28. The number of carbonyl (C=O) groups excluding carboxylic acids is 2. The summed E-state index contributed by atoms with van der Waals surface area (Å²) in [6.45, 7) is 1.93. The molecule has 1 amide bonds. The van der Waals surface area contributed by atoms with E-state index in [1.165, 1.54) is 0 Å². The van der Waals surface area contributed by atoms with E-state index in [2.05, 4.69) is 5.32 Å². The summed E-state index contributed by atoms with van der Waals surface area (Å²) in [7, 11) is 0. The Balaban J connectivity index is 1.72. The summed E-state index contributed by atoms with van der Waals surface area (Å²) < 4.78 is 0. The van der Waals surface area contributed by atoms with Crippen LogP contribution < -0.4 is 10.4 Å². The first kappa shape index (κ1) is 14.1. The number of carboxylic acid groups (broad SMARTS) is 1. The SMILES string of the molecule is C[C@@H](NC(=O)[C@H]1[C@@H]2CC[C@@H](C2)[C@@H]1C(=O)[O-])c1ccccc1. The second-order valence-electron chi connectivity index (χ2n) is 6.34. The van der Waals surface area contributed by atoms with Crippen LogP contribution >= 0.6 is 0 Å². The van der Waals surface area contributed by atoms with Crippen LogP contribution in [0.1, 0.15) is 37.8 Å². The highest BCUT2D eigenvalue weighted by Gasteiger charge is 2.51. The molecule has 2 fully saturated rings. The number of amides is 1. The number of hydrogen-bond donors (Lipinski definition) is 1. The Labute approximate surface area is 124 Å². The van der Waals surface area contributed by atoms with E-state index in [-0.39, 0.29) is 23.8 Å². The molecule has 0 aromatic heterocycles. The molecule has 0 heterocycles. The highest BCUT2D eigenvalue weighted by atomic mass is 16.4. The lowest BCUT2D eigenvalue weighted by molar-refractivity contribution is -0.314. The number of rotatable bonds is 4. The monoisotopic (exact) mass is 286 g/mol. The minimum Gasteiger partial charge on any atom is -0.550 e. The number of aliphatic carboxylic acids is 1. The number of benzene rings is 1. The molecule has 2 saturated carbocycles. The van der Waals surface area contributed by atoms with Crippen LogP contribution in [0.25, 0.3) is 0 Å². The maximum atomic E-state index is 12.5. The molecule has 0 unspecified atom stereocenters. The molecule has 4 heteroatoms. The van der Waals surface area contributed by atoms with Crippen molar-refractivity contribution >= 4 is 11.9 Å². The lowest BCUT2D eigenvalue weighted by atomic mass is 9.78. The molecule has 0 aliphatic heterocycles. The van der Waals surface area contributed by atoms with Crippen LogP contribution in [-0.2, 0) is 9.59 Å². The number of hydrogen-bond acceptors (Lipinski definition) is 3. The molecule has 21 heavy (non-hydrogen) atoms. The maximum absolute atomic E-state index is 12.5. The molecule has 3 rings (SSSR count). The molecule has 1 aromatic carbocycles. The highest BCUT2D eigenvalue weighted by Crippen LogP contribution is 2.52. The van der Waals surface area contributed by atoms with Crippen LogP contribution in [0.5, 0.6) is 0 Å². The van der Waals surface area contributed by atoms with Crippen molar-refractivity contribution in [3.63, 3.8) is 0 Å². The van der Waals surface area contributed by atoms with Crippen molar-refractivity contribution in [2.24, 2.45) is 23.7 Å². The lowest BCUT2D eigenvalue weighted by Gasteiger charge is -2.31. The fourth-order valence-corrected chi connectivity index (χ4v) is 4.14. The van der Waals surface area contributed by atoms with Gasteiger partial charge in [-0.25, -0.2) is 0 Å². The van der Waals surface area contributed by atoms with E-state index >= 15 is 0 Å². The van der Waals surface area contributed by atoms with Gasteiger partial charge in [0.1, 0.15) is 0 Å². The van der Waals surface area contributed by atoms with Gasteiger partial charge < -0.3 is 15.2 Å². The third kappa shape index (κ3) is 2.55. The van der Waals surface area contributed by atoms with E-state index in [9.17, 15) is 14.7 Å². The van der Waals surface area contributed by atoms with Gasteiger partial charge in [-0.1, -0.05) is 30.3 Å². The molecule has 112 valence electrons. The molecule has 1 N–H and O–H groups in total. The van der Waals surface area contributed by atoms with Gasteiger partial charge in [0.2, 0.25) is 5.91 Å². The molecule has 1 aromatic rings. The summed E-state index contributed by atoms with van der Waals surface area (Å²) >= 11 is 0. The van der Waals surface area contributed by atoms with Gasteiger partial charge >= 0.3 is 0 Å². The number of nitrogens with one attached hydrogen (secondary N) is 1. The van der Waals surface area contributed by atoms with E-state index < -0.39 is 17.8 Å². The van der Waals surface area contributed by atoms with Gasteiger partial charge in [0.05, 0.1) is 6.04 Å². The summed E-state index contributed by atoms with van der Waals surface area (Å²) in [6.07, 6.45) is 2.74. The van der Waals surface area contributed by atoms with Gasteiger partial charge in [-0.05, 0) is 43.6 Å². The van der Waals surface area contributed by atoms with Crippen LogP contribution in [-0.4, -0.2) is 11.9 Å². The summed E-state index contributed by atoms with van der Waals surface area (Å²) in [6, 6.07) is 9.60. The van der Waals surface area contributed by atoms with Crippen molar-refractivity contribution in [1.29, 1.82) is 0 Å². The maximum Gasteiger partial charge on any atom is 0.224 e. The average molecular weight is 286 g/mol. The lowest BCUT2D eigenvalue weighted by Crippen LogP contribution is -2.46. The average Bonchev–Trinajstić information content (AvgIpc) is 3.08. The van der Waals surface area contributed by atoms with Crippen molar-refractivity contribution in [2.45, 2.75) is 32.2 Å². The molecule has 0 radical (unpaired) electrons. The zero-order valence-corrected chi connectivity index (χ0v) is 12.1. The van der Waals surface area contributed by atoms with Crippen LogP contribution in [0.3, 0.4) is 0 Å². The fraction of sp³-hybridized carbons (Fsp3) is 0.529. The first-order valence-electron chi connectivity index (χ1n) is 7.64. The fourth-order valence-electron chi connectivity index (χ4n) is 4.14. The minimum atomic E-state index is -1.06. The Morgan fingerprint density at radius 3 is 2.38 bits per heavy atom. The Morgan fingerprint density at radius 1 is 1.14 bits per heavy atom. The predicted molar refractivity (Wildman–Crippen MR) is 75.8 cm³/mol. The molecule has 2 aliphatic carbocycles. The quantitative estimate of drug-likeness (QED) is 0.906. The van der Waals surface area contributed by atoms with Crippen LogP contribution in [0, 0.1) is 23.7 Å². The topological polar surface area (TPSA) is 69.2 Å². The van der Waals surface area contributed by atoms with E-state index in [1.807, 2.05) is 37.3 Å². The third-order valence-electron chi connectivity index (χ3n) is 5.15. The summed E-state index contributed by atoms with van der Waals surface area (Å²) in [5, 5.41) is 14.3. The van der Waals surface area contributed by atoms with Gasteiger partial charge in [0.15, 0.2) is 0 Å². The molecule has 0 spiro atoms. The smallest absolute Gasteiger partial charge is 0.224 e. The summed E-state index contributed by atoms with van der Waals surface area (Å²) in [5.41, 5.74) is 1.03. The Bertz CT molecular complexity index is 542. The van der Waals surface area contributed by atoms with E-state index in [0.717, 1.165) is 24.8 Å². The van der Waals surface area contributed by atoms with Crippen molar-refractivity contribution in [3.8, 4) is 0 Å². The molecular weight excluding hydrogens is 266 g/mol. The van der Waals surface area contributed by atoms with Gasteiger partial charge in [0, 0.05) is 17.8 Å². The molecule has 2 bridgehead atoms. The second-order valence-corrected chi connectivity index (χ2v) is 6.34. The van der Waals surface area contributed by atoms with Gasteiger partial charge in [-0.2, -0.15) is 0 Å². The molecule has 4 nitrogen and oxygen atoms in total. The third-order valence-corrected chi connectivity index (χ3v) is 5.15. The van der Waals surface area contributed by atoms with E-state index in [0.29, 0.717) is 0 Å². The zero-order valence-electron chi connectivity index (χ0n) is 12.1. The first-order chi connectivity index (χ1) is 10.1. The minimum absolute atomic E-state index is 0.111. The van der Waals surface area contributed by atoms with Gasteiger partial charge in [-0.15, -0.1) is 0 Å². The zero-order chi connectivity index (χ0) is 15.0. The largest absolute Gasteiger partial charge is 0.550 e. The number of carbonyl (C=O) groups is 2. The van der Waals surface area contributed by atoms with E-state index in [1.54, 1.807) is 0 Å². The van der Waals surface area contributed by atoms with Crippen LogP contribution in [0.4, 0.5) is 0 Å². The molecule has 0 saturated heterocycles. The van der Waals surface area contributed by atoms with Crippen LogP contribution in [0.2, 0.25) is 0 Å². The summed E-state index contributed by atoms with van der Waals surface area (Å²) in [4.78, 5) is 23.9. The van der Waals surface area contributed by atoms with Crippen molar-refractivity contribution in [2.75, 3.05) is 0 Å². The van der Waals surface area contributed by atoms with Crippen LogP contribution in [0.15, 0.2) is 30.3 Å². The normalized spacial score (nSPS) is 31.9. The van der Waals surface area contributed by atoms with E-state index in [4.69, 9.17) is 0 Å². The summed E-state index contributed by atoms with van der Waals surface area (Å²) in [5.74, 6) is -1.88. The Hall–Kier alpha value is -1.84. The Kier molecular flexibility index (Phi) is 3.70. The van der Waals surface area contributed by atoms with Crippen molar-refractivity contribution in [1.82, 2.24) is 5.32 Å². The molecule has 5 atom stereocenters. The highest BCUT2D eigenvalue weighted by molar-refractivity contribution is 5.85.